The number of anilines is 2. The van der Waals surface area contributed by atoms with Gasteiger partial charge in [-0.1, -0.05) is 12.1 Å². The third-order valence-electron chi connectivity index (χ3n) is 4.21. The van der Waals surface area contributed by atoms with Crippen LogP contribution in [0.25, 0.3) is 0 Å². The largest absolute Gasteiger partial charge is 0.497 e. The molecule has 1 heterocycles. The van der Waals surface area contributed by atoms with E-state index in [1.807, 2.05) is 24.3 Å². The highest BCUT2D eigenvalue weighted by Crippen LogP contribution is 2.17. The van der Waals surface area contributed by atoms with Crippen LogP contribution < -0.4 is 15.4 Å². The molecule has 148 valence electrons. The monoisotopic (exact) mass is 391 g/mol. The van der Waals surface area contributed by atoms with Gasteiger partial charge in [0.2, 0.25) is 0 Å². The van der Waals surface area contributed by atoms with E-state index in [1.165, 1.54) is 7.11 Å². The zero-order valence-electron chi connectivity index (χ0n) is 16.1. The van der Waals surface area contributed by atoms with Crippen LogP contribution in [0.1, 0.15) is 26.3 Å². The van der Waals surface area contributed by atoms with E-state index < -0.39 is 5.97 Å². The average molecular weight is 391 g/mol. The van der Waals surface area contributed by atoms with Crippen molar-refractivity contribution in [1.29, 1.82) is 0 Å². The topological polar surface area (TPSA) is 89.5 Å². The molecule has 0 saturated heterocycles. The lowest BCUT2D eigenvalue weighted by molar-refractivity contribution is 0.0600. The van der Waals surface area contributed by atoms with Crippen LogP contribution in [-0.4, -0.2) is 31.1 Å². The smallest absolute Gasteiger partial charge is 0.337 e. The summed E-state index contributed by atoms with van der Waals surface area (Å²) < 4.78 is 9.81. The maximum Gasteiger partial charge on any atom is 0.337 e. The number of rotatable bonds is 7. The first kappa shape index (κ1) is 19.9. The van der Waals surface area contributed by atoms with Gasteiger partial charge in [-0.05, 0) is 54.1 Å². The highest BCUT2D eigenvalue weighted by atomic mass is 16.5. The molecule has 0 unspecified atom stereocenters. The number of benzene rings is 2. The van der Waals surface area contributed by atoms with Crippen molar-refractivity contribution in [3.63, 3.8) is 0 Å². The fourth-order valence-corrected chi connectivity index (χ4v) is 2.62. The molecule has 1 amide bonds. The first-order chi connectivity index (χ1) is 14.1. The third-order valence-corrected chi connectivity index (χ3v) is 4.21. The van der Waals surface area contributed by atoms with Gasteiger partial charge in [0.25, 0.3) is 5.91 Å². The molecular formula is C22H21N3O4. The molecule has 0 radical (unpaired) electrons. The Morgan fingerprint density at radius 1 is 0.931 bits per heavy atom. The number of nitrogens with zero attached hydrogens (tertiary/aromatic N) is 1. The number of pyridine rings is 1. The van der Waals surface area contributed by atoms with E-state index in [0.717, 1.165) is 17.0 Å². The number of ether oxygens (including phenoxy) is 2. The number of aromatic nitrogens is 1. The van der Waals surface area contributed by atoms with Gasteiger partial charge in [-0.25, -0.2) is 9.78 Å². The Kier molecular flexibility index (Phi) is 6.42. The van der Waals surface area contributed by atoms with Gasteiger partial charge in [0.05, 0.1) is 19.8 Å². The molecule has 0 saturated carbocycles. The average Bonchev–Trinajstić information content (AvgIpc) is 2.78. The molecule has 0 spiro atoms. The quantitative estimate of drug-likeness (QED) is 0.599. The predicted octanol–water partition coefficient (Wildman–Crippen LogP) is 3.55. The normalized spacial score (nSPS) is 10.1. The Morgan fingerprint density at radius 3 is 2.31 bits per heavy atom. The van der Waals surface area contributed by atoms with E-state index in [0.29, 0.717) is 23.5 Å². The van der Waals surface area contributed by atoms with Crippen LogP contribution >= 0.6 is 0 Å². The Bertz CT molecular complexity index is 986. The molecule has 0 aliphatic carbocycles. The van der Waals surface area contributed by atoms with Crippen molar-refractivity contribution in [2.75, 3.05) is 19.5 Å². The molecule has 29 heavy (non-hydrogen) atoms. The summed E-state index contributed by atoms with van der Waals surface area (Å²) in [5, 5.41) is 6.00. The highest BCUT2D eigenvalue weighted by molar-refractivity contribution is 5.95. The summed E-state index contributed by atoms with van der Waals surface area (Å²) in [5.74, 6) is 0.690. The summed E-state index contributed by atoms with van der Waals surface area (Å²) in [6.45, 7) is 0.406. The molecule has 0 atom stereocenters. The summed E-state index contributed by atoms with van der Waals surface area (Å²) in [5.41, 5.74) is 2.65. The molecular weight excluding hydrogens is 370 g/mol. The van der Waals surface area contributed by atoms with Crippen molar-refractivity contribution < 1.29 is 19.1 Å². The van der Waals surface area contributed by atoms with Crippen molar-refractivity contribution in [1.82, 2.24) is 10.3 Å². The number of hydrogen-bond acceptors (Lipinski definition) is 6. The molecule has 2 N–H and O–H groups in total. The third kappa shape index (κ3) is 5.32. The minimum atomic E-state index is -0.398. The number of nitrogens with one attached hydrogen (secondary N) is 2. The number of carbonyl (C=O) groups is 2. The number of methoxy groups -OCH3 is 2. The molecule has 0 aliphatic rings. The van der Waals surface area contributed by atoms with E-state index in [1.54, 1.807) is 49.7 Å². The summed E-state index contributed by atoms with van der Waals surface area (Å²) in [6.07, 6.45) is 1.56. The SMILES string of the molecule is COC(=O)c1ccc(Nc2cc(C(=O)NCc3ccc(OC)cc3)ccn2)cc1. The summed E-state index contributed by atoms with van der Waals surface area (Å²) in [6, 6.07) is 17.6. The van der Waals surface area contributed by atoms with Crippen molar-refractivity contribution >= 4 is 23.4 Å². The number of hydrogen-bond donors (Lipinski definition) is 2. The molecule has 0 bridgehead atoms. The highest BCUT2D eigenvalue weighted by Gasteiger charge is 2.08. The van der Waals surface area contributed by atoms with Gasteiger partial charge in [-0.15, -0.1) is 0 Å². The summed E-state index contributed by atoms with van der Waals surface area (Å²) in [4.78, 5) is 28.2. The van der Waals surface area contributed by atoms with Crippen LogP contribution in [0.4, 0.5) is 11.5 Å². The lowest BCUT2D eigenvalue weighted by Gasteiger charge is -2.09. The molecule has 3 rings (SSSR count). The van der Waals surface area contributed by atoms with E-state index in [-0.39, 0.29) is 5.91 Å². The van der Waals surface area contributed by atoms with Crippen LogP contribution in [0.15, 0.2) is 66.9 Å². The molecule has 1 aromatic heterocycles. The molecule has 2 aromatic carbocycles. The van der Waals surface area contributed by atoms with Crippen LogP contribution in [0, 0.1) is 0 Å². The Balaban J connectivity index is 1.62. The first-order valence-corrected chi connectivity index (χ1v) is 8.91. The van der Waals surface area contributed by atoms with Gasteiger partial charge in [-0.2, -0.15) is 0 Å². The van der Waals surface area contributed by atoms with Crippen molar-refractivity contribution in [2.45, 2.75) is 6.54 Å². The van der Waals surface area contributed by atoms with Crippen molar-refractivity contribution in [3.05, 3.63) is 83.6 Å². The number of amides is 1. The van der Waals surface area contributed by atoms with Gasteiger partial charge < -0.3 is 20.1 Å². The fourth-order valence-electron chi connectivity index (χ4n) is 2.62. The molecule has 3 aromatic rings. The lowest BCUT2D eigenvalue weighted by atomic mass is 10.2. The van der Waals surface area contributed by atoms with Gasteiger partial charge in [0.15, 0.2) is 0 Å². The fraction of sp³-hybridized carbons (Fsp3) is 0.136. The Hall–Kier alpha value is -3.87. The molecule has 0 fully saturated rings. The molecule has 7 heteroatoms. The van der Waals surface area contributed by atoms with Crippen molar-refractivity contribution in [3.8, 4) is 5.75 Å². The van der Waals surface area contributed by atoms with Gasteiger partial charge >= 0.3 is 5.97 Å². The van der Waals surface area contributed by atoms with Crippen LogP contribution in [0.2, 0.25) is 0 Å². The molecule has 7 nitrogen and oxygen atoms in total. The van der Waals surface area contributed by atoms with Crippen molar-refractivity contribution in [2.24, 2.45) is 0 Å². The second-order valence-electron chi connectivity index (χ2n) is 6.15. The summed E-state index contributed by atoms with van der Waals surface area (Å²) in [7, 11) is 2.95. The van der Waals surface area contributed by atoms with Gasteiger partial charge in [0.1, 0.15) is 11.6 Å². The molecule has 0 aliphatic heterocycles. The minimum Gasteiger partial charge on any atom is -0.497 e. The van der Waals surface area contributed by atoms with Crippen LogP contribution in [0.5, 0.6) is 5.75 Å². The minimum absolute atomic E-state index is 0.202. The van der Waals surface area contributed by atoms with E-state index >= 15 is 0 Å². The number of carbonyl (C=O) groups excluding carboxylic acids is 2. The van der Waals surface area contributed by atoms with Crippen LogP contribution in [0.3, 0.4) is 0 Å². The van der Waals surface area contributed by atoms with Crippen LogP contribution in [-0.2, 0) is 11.3 Å². The first-order valence-electron chi connectivity index (χ1n) is 8.91. The standard InChI is InChI=1S/C22H21N3O4/c1-28-19-9-3-15(4-10-19)14-24-21(26)17-11-12-23-20(13-17)25-18-7-5-16(6-8-18)22(27)29-2/h3-13H,14H2,1-2H3,(H,23,25)(H,24,26). The lowest BCUT2D eigenvalue weighted by Crippen LogP contribution is -2.22. The van der Waals surface area contributed by atoms with Gasteiger partial charge in [0, 0.05) is 24.0 Å². The van der Waals surface area contributed by atoms with Gasteiger partial charge in [-0.3, -0.25) is 4.79 Å². The van der Waals surface area contributed by atoms with E-state index in [9.17, 15) is 9.59 Å². The number of esters is 1. The van der Waals surface area contributed by atoms with E-state index in [4.69, 9.17) is 4.74 Å². The second-order valence-corrected chi connectivity index (χ2v) is 6.15. The second kappa shape index (κ2) is 9.36. The maximum atomic E-state index is 12.5. The van der Waals surface area contributed by atoms with E-state index in [2.05, 4.69) is 20.4 Å². The zero-order chi connectivity index (χ0) is 20.6. The maximum absolute atomic E-state index is 12.5. The zero-order valence-corrected chi connectivity index (χ0v) is 16.1. The predicted molar refractivity (Wildman–Crippen MR) is 109 cm³/mol. The Morgan fingerprint density at radius 2 is 1.66 bits per heavy atom. The summed E-state index contributed by atoms with van der Waals surface area (Å²) >= 11 is 0. The Labute approximate surface area is 168 Å².